The molecule has 1 aliphatic heterocycles. The number of rotatable bonds is 5. The van der Waals surface area contributed by atoms with Crippen molar-refractivity contribution in [3.63, 3.8) is 0 Å². The van der Waals surface area contributed by atoms with Gasteiger partial charge in [-0.2, -0.15) is 0 Å². The second kappa shape index (κ2) is 7.76. The third-order valence-corrected chi connectivity index (χ3v) is 4.70. The first-order valence-corrected chi connectivity index (χ1v) is 9.88. The Kier molecular flexibility index (Phi) is 6.12. The summed E-state index contributed by atoms with van der Waals surface area (Å²) >= 11 is 0. The smallest absolute Gasteiger partial charge is 0.320 e. The van der Waals surface area contributed by atoms with Crippen molar-refractivity contribution >= 4 is 11.9 Å². The van der Waals surface area contributed by atoms with Crippen molar-refractivity contribution in [1.82, 2.24) is 0 Å². The predicted molar refractivity (Wildman–Crippen MR) is 107 cm³/mol. The van der Waals surface area contributed by atoms with Crippen LogP contribution in [0.15, 0.2) is 6.07 Å². The van der Waals surface area contributed by atoms with Gasteiger partial charge in [-0.3, -0.25) is 9.59 Å². The Balaban J connectivity index is 2.99. The molecule has 1 aromatic rings. The zero-order valence-corrected chi connectivity index (χ0v) is 18.6. The molecular weight excluding hydrogens is 376 g/mol. The van der Waals surface area contributed by atoms with E-state index in [1.165, 1.54) is 0 Å². The highest BCUT2D eigenvalue weighted by Crippen LogP contribution is 2.55. The van der Waals surface area contributed by atoms with Gasteiger partial charge in [0.1, 0.15) is 6.42 Å². The van der Waals surface area contributed by atoms with Crippen LogP contribution in [0, 0.1) is 5.41 Å². The highest BCUT2D eigenvalue weighted by Gasteiger charge is 2.56. The fraction of sp³-hybridized carbons (Fsp3) is 0.636. The quantitative estimate of drug-likeness (QED) is 0.577. The Morgan fingerprint density at radius 1 is 1.00 bits per heavy atom. The number of hydrogen-bond donors (Lipinski definition) is 1. The van der Waals surface area contributed by atoms with Crippen molar-refractivity contribution in [2.45, 2.75) is 73.0 Å². The lowest BCUT2D eigenvalue weighted by Gasteiger charge is -2.46. The van der Waals surface area contributed by atoms with Crippen LogP contribution in [0.5, 0.6) is 17.2 Å². The molecule has 0 bridgehead atoms. The molecule has 2 rings (SSSR count). The molecule has 0 aromatic heterocycles. The van der Waals surface area contributed by atoms with Crippen molar-refractivity contribution in [2.75, 3.05) is 13.2 Å². The van der Waals surface area contributed by atoms with E-state index in [0.717, 1.165) is 0 Å². The van der Waals surface area contributed by atoms with Crippen LogP contribution in [0.2, 0.25) is 0 Å². The molecule has 1 saturated heterocycles. The minimum Gasteiger partial charge on any atom is -0.502 e. The lowest BCUT2D eigenvalue weighted by atomic mass is 9.73. The summed E-state index contributed by atoms with van der Waals surface area (Å²) in [5.41, 5.74) is -0.361. The molecule has 0 atom stereocenters. The van der Waals surface area contributed by atoms with Gasteiger partial charge in [0.25, 0.3) is 5.79 Å². The summed E-state index contributed by atoms with van der Waals surface area (Å²) in [6.07, 6.45) is -0.447. The molecule has 7 heteroatoms. The van der Waals surface area contributed by atoms with E-state index in [1.54, 1.807) is 19.9 Å². The van der Waals surface area contributed by atoms with Crippen LogP contribution in [-0.4, -0.2) is 30.3 Å². The minimum atomic E-state index is -1.70. The van der Waals surface area contributed by atoms with Crippen molar-refractivity contribution < 1.29 is 33.6 Å². The van der Waals surface area contributed by atoms with Gasteiger partial charge in [-0.1, -0.05) is 41.5 Å². The third-order valence-electron chi connectivity index (χ3n) is 4.70. The van der Waals surface area contributed by atoms with Gasteiger partial charge in [0.05, 0.1) is 13.2 Å². The summed E-state index contributed by atoms with van der Waals surface area (Å²) in [4.78, 5) is 24.6. The predicted octanol–water partition coefficient (Wildman–Crippen LogP) is 4.18. The van der Waals surface area contributed by atoms with Crippen LogP contribution in [0.4, 0.5) is 0 Å². The van der Waals surface area contributed by atoms with E-state index < -0.39 is 35.0 Å². The Hall–Kier alpha value is -2.44. The van der Waals surface area contributed by atoms with E-state index >= 15 is 0 Å². The highest BCUT2D eigenvalue weighted by atomic mass is 16.7. The number of hydrogen-bond acceptors (Lipinski definition) is 7. The number of carbonyl (C=O) groups is 2. The van der Waals surface area contributed by atoms with Gasteiger partial charge in [0.15, 0.2) is 11.5 Å². The molecule has 0 amide bonds. The zero-order chi connectivity index (χ0) is 22.2. The summed E-state index contributed by atoms with van der Waals surface area (Å²) < 4.78 is 23.0. The molecule has 1 aromatic carbocycles. The van der Waals surface area contributed by atoms with Gasteiger partial charge in [0, 0.05) is 16.5 Å². The van der Waals surface area contributed by atoms with Crippen molar-refractivity contribution in [3.05, 3.63) is 17.2 Å². The molecule has 0 radical (unpaired) electrons. The monoisotopic (exact) mass is 408 g/mol. The van der Waals surface area contributed by atoms with Gasteiger partial charge < -0.3 is 24.1 Å². The SMILES string of the molecule is CCOc1cc(C2(C(C)(C)C)OC(=O)CC(=O)O2)c(C(C)(C)C)c(OCC)c1O. The molecule has 0 aliphatic carbocycles. The standard InChI is InChI=1S/C22H32O7/c1-9-26-14-11-13(17(20(3,4)5)19(18(14)25)27-10-2)22(21(6,7)8)28-15(23)12-16(24)29-22/h11,25H,9-10,12H2,1-8H3. The highest BCUT2D eigenvalue weighted by molar-refractivity contribution is 5.93. The average Bonchev–Trinajstić information content (AvgIpc) is 2.55. The summed E-state index contributed by atoms with van der Waals surface area (Å²) in [6.45, 7) is 15.5. The van der Waals surface area contributed by atoms with Gasteiger partial charge in [-0.05, 0) is 25.3 Å². The minimum absolute atomic E-state index is 0.139. The van der Waals surface area contributed by atoms with E-state index in [2.05, 4.69) is 0 Å². The van der Waals surface area contributed by atoms with Crippen LogP contribution >= 0.6 is 0 Å². The number of phenolic OH excluding ortho intramolecular Hbond substituents is 1. The van der Waals surface area contributed by atoms with Crippen LogP contribution in [-0.2, 0) is 30.3 Å². The number of esters is 2. The molecule has 0 unspecified atom stereocenters. The molecule has 0 spiro atoms. The Labute approximate surface area is 172 Å². The lowest BCUT2D eigenvalue weighted by molar-refractivity contribution is -0.286. The van der Waals surface area contributed by atoms with E-state index in [1.807, 2.05) is 41.5 Å². The molecule has 1 fully saturated rings. The Morgan fingerprint density at radius 2 is 1.52 bits per heavy atom. The van der Waals surface area contributed by atoms with E-state index in [-0.39, 0.29) is 17.2 Å². The Morgan fingerprint density at radius 3 is 1.93 bits per heavy atom. The number of aromatic hydroxyl groups is 1. The summed E-state index contributed by atoms with van der Waals surface area (Å²) in [6, 6.07) is 1.58. The van der Waals surface area contributed by atoms with Crippen molar-refractivity contribution in [1.29, 1.82) is 0 Å². The second-order valence-corrected chi connectivity index (χ2v) is 9.08. The third kappa shape index (κ3) is 4.14. The van der Waals surface area contributed by atoms with Crippen LogP contribution in [0.25, 0.3) is 0 Å². The summed E-state index contributed by atoms with van der Waals surface area (Å²) in [5.74, 6) is -2.78. The molecule has 1 heterocycles. The first kappa shape index (κ1) is 22.8. The largest absolute Gasteiger partial charge is 0.502 e. The number of benzene rings is 1. The van der Waals surface area contributed by atoms with Gasteiger partial charge in [-0.25, -0.2) is 0 Å². The second-order valence-electron chi connectivity index (χ2n) is 9.08. The maximum Gasteiger partial charge on any atom is 0.320 e. The van der Waals surface area contributed by atoms with Gasteiger partial charge in [-0.15, -0.1) is 0 Å². The number of ether oxygens (including phenoxy) is 4. The molecule has 29 heavy (non-hydrogen) atoms. The fourth-order valence-electron chi connectivity index (χ4n) is 3.53. The maximum absolute atomic E-state index is 12.3. The lowest BCUT2D eigenvalue weighted by Crippen LogP contribution is -2.52. The number of carbonyl (C=O) groups excluding carboxylic acids is 2. The van der Waals surface area contributed by atoms with Gasteiger partial charge >= 0.3 is 11.9 Å². The Bertz CT molecular complexity index is 781. The summed E-state index contributed by atoms with van der Waals surface area (Å²) in [5, 5.41) is 10.8. The van der Waals surface area contributed by atoms with E-state index in [4.69, 9.17) is 18.9 Å². The molecule has 1 aliphatic rings. The van der Waals surface area contributed by atoms with E-state index in [9.17, 15) is 14.7 Å². The van der Waals surface area contributed by atoms with Crippen LogP contribution in [0.1, 0.15) is 72.9 Å². The number of cyclic esters (lactones) is 2. The van der Waals surface area contributed by atoms with Crippen molar-refractivity contribution in [3.8, 4) is 17.2 Å². The topological polar surface area (TPSA) is 91.3 Å². The number of phenols is 1. The summed E-state index contributed by atoms with van der Waals surface area (Å²) in [7, 11) is 0. The molecular formula is C22H32O7. The van der Waals surface area contributed by atoms with Crippen LogP contribution < -0.4 is 9.47 Å². The first-order valence-electron chi connectivity index (χ1n) is 9.88. The van der Waals surface area contributed by atoms with E-state index in [0.29, 0.717) is 24.3 Å². The molecule has 7 nitrogen and oxygen atoms in total. The first-order chi connectivity index (χ1) is 13.3. The molecule has 1 N–H and O–H groups in total. The van der Waals surface area contributed by atoms with Gasteiger partial charge in [0.2, 0.25) is 5.75 Å². The fourth-order valence-corrected chi connectivity index (χ4v) is 3.53. The van der Waals surface area contributed by atoms with Crippen molar-refractivity contribution in [2.24, 2.45) is 5.41 Å². The zero-order valence-electron chi connectivity index (χ0n) is 18.6. The average molecular weight is 408 g/mol. The molecule has 162 valence electrons. The maximum atomic E-state index is 12.3. The molecule has 0 saturated carbocycles. The normalized spacial score (nSPS) is 16.8. The van der Waals surface area contributed by atoms with Crippen LogP contribution in [0.3, 0.4) is 0 Å².